The first-order valence-electron chi connectivity index (χ1n) is 9.98. The summed E-state index contributed by atoms with van der Waals surface area (Å²) in [6.45, 7) is 19.5. The summed E-state index contributed by atoms with van der Waals surface area (Å²) in [5.41, 5.74) is 7.16. The number of hydrogen-bond acceptors (Lipinski definition) is 3. The van der Waals surface area contributed by atoms with E-state index in [0.29, 0.717) is 17.2 Å². The Hall–Kier alpha value is -2.43. The van der Waals surface area contributed by atoms with Crippen LogP contribution >= 0.6 is 0 Å². The third kappa shape index (κ3) is 4.89. The first-order valence-corrected chi connectivity index (χ1v) is 9.98. The van der Waals surface area contributed by atoms with E-state index in [1.165, 1.54) is 11.1 Å². The second-order valence-corrected chi connectivity index (χ2v) is 9.97. The van der Waals surface area contributed by atoms with Crippen LogP contribution in [0.4, 0.5) is 5.69 Å². The van der Waals surface area contributed by atoms with Crippen LogP contribution in [0.15, 0.2) is 45.0 Å². The minimum absolute atomic E-state index is 0.0107. The van der Waals surface area contributed by atoms with Crippen LogP contribution in [-0.2, 0) is 5.41 Å². The van der Waals surface area contributed by atoms with E-state index in [1.807, 2.05) is 13.0 Å². The van der Waals surface area contributed by atoms with Gasteiger partial charge in [0, 0.05) is 5.92 Å². The summed E-state index contributed by atoms with van der Waals surface area (Å²) in [7, 11) is 0. The van der Waals surface area contributed by atoms with Crippen molar-refractivity contribution in [2.75, 3.05) is 0 Å². The maximum Gasteiger partial charge on any atom is 0.101 e. The fourth-order valence-corrected chi connectivity index (χ4v) is 3.51. The molecule has 0 aliphatic heterocycles. The van der Waals surface area contributed by atoms with Crippen LogP contribution in [0.2, 0.25) is 0 Å². The van der Waals surface area contributed by atoms with Crippen molar-refractivity contribution in [3.63, 3.8) is 0 Å². The Kier molecular flexibility index (Phi) is 6.17. The van der Waals surface area contributed by atoms with E-state index in [1.54, 1.807) is 0 Å². The molecule has 28 heavy (non-hydrogen) atoms. The SMILES string of the molecule is CC1=C(N=C=Nc2c(C)cc(C(C)(C)C)cc2C#N)C(C)CC(C(C)(C)C)=C1. The Balaban J connectivity index is 2.45. The topological polar surface area (TPSA) is 48.5 Å². The number of rotatable bonds is 2. The van der Waals surface area contributed by atoms with Crippen LogP contribution in [-0.4, -0.2) is 6.01 Å². The van der Waals surface area contributed by atoms with E-state index >= 15 is 0 Å². The lowest BCUT2D eigenvalue weighted by Crippen LogP contribution is -2.17. The zero-order valence-electron chi connectivity index (χ0n) is 18.9. The number of nitriles is 1. The van der Waals surface area contributed by atoms with Crippen LogP contribution in [0, 0.1) is 29.6 Å². The number of benzene rings is 1. The minimum Gasteiger partial charge on any atom is -0.192 e. The molecule has 3 nitrogen and oxygen atoms in total. The molecule has 1 aliphatic rings. The molecule has 0 amide bonds. The van der Waals surface area contributed by atoms with Gasteiger partial charge in [0.2, 0.25) is 0 Å². The van der Waals surface area contributed by atoms with E-state index in [0.717, 1.165) is 23.2 Å². The Bertz CT molecular complexity index is 932. The molecule has 0 aromatic heterocycles. The lowest BCUT2D eigenvalue weighted by Gasteiger charge is -2.30. The number of aliphatic imine (C=N–C) groups is 2. The fourth-order valence-electron chi connectivity index (χ4n) is 3.51. The fraction of sp³-hybridized carbons (Fsp3) is 0.520. The van der Waals surface area contributed by atoms with Crippen LogP contribution < -0.4 is 0 Å². The van der Waals surface area contributed by atoms with Gasteiger partial charge in [-0.05, 0) is 53.9 Å². The molecular weight excluding hydrogens is 342 g/mol. The van der Waals surface area contributed by atoms with Gasteiger partial charge in [-0.15, -0.1) is 0 Å². The highest BCUT2D eigenvalue weighted by atomic mass is 14.8. The second kappa shape index (κ2) is 7.90. The number of allylic oxidation sites excluding steroid dienone is 4. The molecule has 0 saturated carbocycles. The first-order chi connectivity index (χ1) is 12.8. The highest BCUT2D eigenvalue weighted by Gasteiger charge is 2.25. The van der Waals surface area contributed by atoms with Gasteiger partial charge < -0.3 is 0 Å². The molecule has 3 heteroatoms. The molecule has 1 aromatic rings. The Labute approximate surface area is 170 Å². The van der Waals surface area contributed by atoms with Gasteiger partial charge in [0.25, 0.3) is 0 Å². The zero-order chi connectivity index (χ0) is 21.3. The summed E-state index contributed by atoms with van der Waals surface area (Å²) in [5, 5.41) is 9.59. The van der Waals surface area contributed by atoms with Crippen molar-refractivity contribution in [1.82, 2.24) is 0 Å². The van der Waals surface area contributed by atoms with Crippen molar-refractivity contribution in [2.24, 2.45) is 21.3 Å². The van der Waals surface area contributed by atoms with Crippen molar-refractivity contribution < 1.29 is 0 Å². The predicted octanol–water partition coefficient (Wildman–Crippen LogP) is 7.26. The third-order valence-electron chi connectivity index (χ3n) is 5.37. The summed E-state index contributed by atoms with van der Waals surface area (Å²) in [4.78, 5) is 8.99. The molecule has 0 fully saturated rings. The van der Waals surface area contributed by atoms with Gasteiger partial charge in [-0.3, -0.25) is 0 Å². The van der Waals surface area contributed by atoms with E-state index in [4.69, 9.17) is 0 Å². The van der Waals surface area contributed by atoms with E-state index in [2.05, 4.69) is 89.6 Å². The highest BCUT2D eigenvalue weighted by molar-refractivity contribution is 5.65. The third-order valence-corrected chi connectivity index (χ3v) is 5.37. The van der Waals surface area contributed by atoms with Gasteiger partial charge in [-0.1, -0.05) is 66.2 Å². The van der Waals surface area contributed by atoms with Crippen LogP contribution in [0.1, 0.15) is 78.5 Å². The summed E-state index contributed by atoms with van der Waals surface area (Å²) >= 11 is 0. The highest BCUT2D eigenvalue weighted by Crippen LogP contribution is 2.38. The van der Waals surface area contributed by atoms with Gasteiger partial charge in [-0.25, -0.2) is 0 Å². The van der Waals surface area contributed by atoms with Gasteiger partial charge >= 0.3 is 0 Å². The van der Waals surface area contributed by atoms with Crippen LogP contribution in [0.5, 0.6) is 0 Å². The molecule has 0 bridgehead atoms. The van der Waals surface area contributed by atoms with Gasteiger partial charge in [-0.2, -0.15) is 15.2 Å². The van der Waals surface area contributed by atoms with Crippen LogP contribution in [0.25, 0.3) is 0 Å². The average Bonchev–Trinajstić information content (AvgIpc) is 2.56. The molecule has 148 valence electrons. The molecule has 0 heterocycles. The monoisotopic (exact) mass is 375 g/mol. The Morgan fingerprint density at radius 2 is 1.64 bits per heavy atom. The maximum atomic E-state index is 9.59. The Morgan fingerprint density at radius 3 is 2.14 bits per heavy atom. The molecule has 0 spiro atoms. The van der Waals surface area contributed by atoms with Gasteiger partial charge in [0.15, 0.2) is 0 Å². The van der Waals surface area contributed by atoms with Crippen molar-refractivity contribution in [1.29, 1.82) is 5.26 Å². The van der Waals surface area contributed by atoms with E-state index < -0.39 is 0 Å². The zero-order valence-corrected chi connectivity index (χ0v) is 18.9. The van der Waals surface area contributed by atoms with Gasteiger partial charge in [0.05, 0.1) is 16.9 Å². The summed E-state index contributed by atoms with van der Waals surface area (Å²) in [6.07, 6.45) is 3.26. The minimum atomic E-state index is -0.0107. The maximum absolute atomic E-state index is 9.59. The standard InChI is InChI=1S/C25H33N3/c1-16-10-20(24(4,5)6)11-17(2)22(16)27-15-28-23-18(3)12-21(25(7,8)9)13-19(23)14-26/h10,12-13,17H,11H2,1-9H3. The van der Waals surface area contributed by atoms with Crippen molar-refractivity contribution in [2.45, 2.75) is 74.1 Å². The molecule has 1 unspecified atom stereocenters. The lowest BCUT2D eigenvalue weighted by molar-refractivity contribution is 0.451. The lowest BCUT2D eigenvalue weighted by atomic mass is 9.76. The van der Waals surface area contributed by atoms with Crippen molar-refractivity contribution >= 4 is 11.7 Å². The number of nitrogens with zero attached hydrogens (tertiary/aromatic N) is 3. The average molecular weight is 376 g/mol. The molecule has 2 rings (SSSR count). The predicted molar refractivity (Wildman–Crippen MR) is 118 cm³/mol. The summed E-state index contributed by atoms with van der Waals surface area (Å²) in [5.74, 6) is 0.335. The number of hydrogen-bond donors (Lipinski definition) is 0. The van der Waals surface area contributed by atoms with Crippen LogP contribution in [0.3, 0.4) is 0 Å². The summed E-state index contributed by atoms with van der Waals surface area (Å²) < 4.78 is 0. The first kappa shape index (κ1) is 21.9. The largest absolute Gasteiger partial charge is 0.192 e. The summed E-state index contributed by atoms with van der Waals surface area (Å²) in [6, 6.07) is 9.19. The second-order valence-electron chi connectivity index (χ2n) is 9.97. The molecule has 1 atom stereocenters. The van der Waals surface area contributed by atoms with Gasteiger partial charge in [0.1, 0.15) is 12.1 Å². The van der Waals surface area contributed by atoms with Crippen molar-refractivity contribution in [3.05, 3.63) is 51.7 Å². The van der Waals surface area contributed by atoms with E-state index in [-0.39, 0.29) is 10.8 Å². The molecule has 0 saturated heterocycles. The normalized spacial score (nSPS) is 17.6. The Morgan fingerprint density at radius 1 is 1.00 bits per heavy atom. The number of aryl methyl sites for hydroxylation is 1. The molecular formula is C25H33N3. The van der Waals surface area contributed by atoms with Crippen molar-refractivity contribution in [3.8, 4) is 6.07 Å². The quantitative estimate of drug-likeness (QED) is 0.502. The molecule has 0 N–H and O–H groups in total. The van der Waals surface area contributed by atoms with E-state index in [9.17, 15) is 5.26 Å². The molecule has 0 radical (unpaired) electrons. The smallest absolute Gasteiger partial charge is 0.101 e. The molecule has 1 aliphatic carbocycles. The molecule has 1 aromatic carbocycles.